The van der Waals surface area contributed by atoms with E-state index in [0.717, 1.165) is 44.6 Å². The molecule has 1 aromatic carbocycles. The van der Waals surface area contributed by atoms with Gasteiger partial charge in [-0.25, -0.2) is 0 Å². The molecular formula is C14H19NO2. The summed E-state index contributed by atoms with van der Waals surface area (Å²) in [6.45, 7) is 2.51. The van der Waals surface area contributed by atoms with Crippen molar-refractivity contribution >= 4 is 5.91 Å². The van der Waals surface area contributed by atoms with E-state index in [1.54, 1.807) is 0 Å². The molecular weight excluding hydrogens is 214 g/mol. The molecule has 0 saturated carbocycles. The fourth-order valence-corrected chi connectivity index (χ4v) is 2.12. The maximum atomic E-state index is 11.8. The van der Waals surface area contributed by atoms with Crippen molar-refractivity contribution in [3.63, 3.8) is 0 Å². The SMILES string of the molecule is O=C(NCCC1CCOCC1)c1ccccc1. The van der Waals surface area contributed by atoms with Crippen molar-refractivity contribution in [2.24, 2.45) is 5.92 Å². The van der Waals surface area contributed by atoms with Crippen molar-refractivity contribution in [2.75, 3.05) is 19.8 Å². The topological polar surface area (TPSA) is 38.3 Å². The fraction of sp³-hybridized carbons (Fsp3) is 0.500. The molecule has 3 heteroatoms. The lowest BCUT2D eigenvalue weighted by molar-refractivity contribution is 0.0636. The molecule has 1 amide bonds. The molecule has 1 aliphatic rings. The van der Waals surface area contributed by atoms with Crippen molar-refractivity contribution in [3.8, 4) is 0 Å². The summed E-state index contributed by atoms with van der Waals surface area (Å²) in [4.78, 5) is 11.8. The van der Waals surface area contributed by atoms with Gasteiger partial charge in [0.25, 0.3) is 5.91 Å². The summed E-state index contributed by atoms with van der Waals surface area (Å²) in [7, 11) is 0. The van der Waals surface area contributed by atoms with Gasteiger partial charge in [-0.15, -0.1) is 0 Å². The van der Waals surface area contributed by atoms with E-state index in [4.69, 9.17) is 4.74 Å². The molecule has 1 N–H and O–H groups in total. The van der Waals surface area contributed by atoms with Crippen LogP contribution in [0.3, 0.4) is 0 Å². The first-order valence-corrected chi connectivity index (χ1v) is 6.27. The molecule has 0 atom stereocenters. The molecule has 1 fully saturated rings. The highest BCUT2D eigenvalue weighted by atomic mass is 16.5. The number of hydrogen-bond acceptors (Lipinski definition) is 2. The highest BCUT2D eigenvalue weighted by molar-refractivity contribution is 5.94. The molecule has 0 bridgehead atoms. The van der Waals surface area contributed by atoms with E-state index in [9.17, 15) is 4.79 Å². The van der Waals surface area contributed by atoms with Crippen LogP contribution in [0.15, 0.2) is 30.3 Å². The Morgan fingerprint density at radius 2 is 1.94 bits per heavy atom. The minimum Gasteiger partial charge on any atom is -0.381 e. The summed E-state index contributed by atoms with van der Waals surface area (Å²) >= 11 is 0. The summed E-state index contributed by atoms with van der Waals surface area (Å²) in [5, 5.41) is 2.97. The highest BCUT2D eigenvalue weighted by Gasteiger charge is 2.13. The quantitative estimate of drug-likeness (QED) is 0.866. The van der Waals surface area contributed by atoms with Gasteiger partial charge in [0.15, 0.2) is 0 Å². The zero-order chi connectivity index (χ0) is 11.9. The lowest BCUT2D eigenvalue weighted by atomic mass is 9.97. The number of hydrogen-bond donors (Lipinski definition) is 1. The Balaban J connectivity index is 1.69. The molecule has 92 valence electrons. The van der Waals surface area contributed by atoms with Gasteiger partial charge in [0.05, 0.1) is 0 Å². The van der Waals surface area contributed by atoms with E-state index in [1.807, 2.05) is 30.3 Å². The van der Waals surface area contributed by atoms with E-state index in [-0.39, 0.29) is 5.91 Å². The van der Waals surface area contributed by atoms with Gasteiger partial charge in [-0.1, -0.05) is 18.2 Å². The van der Waals surface area contributed by atoms with Crippen LogP contribution < -0.4 is 5.32 Å². The summed E-state index contributed by atoms with van der Waals surface area (Å²) in [6, 6.07) is 9.35. The van der Waals surface area contributed by atoms with Gasteiger partial charge in [-0.3, -0.25) is 4.79 Å². The second-order valence-electron chi connectivity index (χ2n) is 4.47. The molecule has 0 aromatic heterocycles. The Hall–Kier alpha value is -1.35. The molecule has 0 aliphatic carbocycles. The maximum Gasteiger partial charge on any atom is 0.251 e. The van der Waals surface area contributed by atoms with Crippen LogP contribution in [-0.4, -0.2) is 25.7 Å². The third kappa shape index (κ3) is 3.86. The molecule has 3 nitrogen and oxygen atoms in total. The molecule has 0 spiro atoms. The third-order valence-electron chi connectivity index (χ3n) is 3.21. The van der Waals surface area contributed by atoms with Crippen LogP contribution in [0.1, 0.15) is 29.6 Å². The minimum absolute atomic E-state index is 0.0256. The molecule has 1 aliphatic heterocycles. The summed E-state index contributed by atoms with van der Waals surface area (Å²) in [5.41, 5.74) is 0.736. The zero-order valence-electron chi connectivity index (χ0n) is 10.0. The number of ether oxygens (including phenoxy) is 1. The second kappa shape index (κ2) is 6.40. The monoisotopic (exact) mass is 233 g/mol. The number of benzene rings is 1. The van der Waals surface area contributed by atoms with Crippen LogP contribution in [0.25, 0.3) is 0 Å². The first-order valence-electron chi connectivity index (χ1n) is 6.27. The number of rotatable bonds is 4. The van der Waals surface area contributed by atoms with Crippen molar-refractivity contribution in [3.05, 3.63) is 35.9 Å². The Morgan fingerprint density at radius 3 is 2.65 bits per heavy atom. The van der Waals surface area contributed by atoms with E-state index >= 15 is 0 Å². The lowest BCUT2D eigenvalue weighted by Gasteiger charge is -2.21. The van der Waals surface area contributed by atoms with Gasteiger partial charge in [-0.05, 0) is 37.3 Å². The standard InChI is InChI=1S/C14H19NO2/c16-14(13-4-2-1-3-5-13)15-9-6-12-7-10-17-11-8-12/h1-5,12H,6-11H2,(H,15,16). The highest BCUT2D eigenvalue weighted by Crippen LogP contribution is 2.17. The van der Waals surface area contributed by atoms with Gasteiger partial charge < -0.3 is 10.1 Å². The predicted octanol–water partition coefficient (Wildman–Crippen LogP) is 2.23. The molecule has 1 saturated heterocycles. The molecule has 0 radical (unpaired) electrons. The summed E-state index contributed by atoms with van der Waals surface area (Å²) in [6.07, 6.45) is 3.31. The summed E-state index contributed by atoms with van der Waals surface area (Å²) in [5.74, 6) is 0.734. The van der Waals surface area contributed by atoms with Crippen LogP contribution in [-0.2, 0) is 4.74 Å². The molecule has 1 heterocycles. The molecule has 2 rings (SSSR count). The van der Waals surface area contributed by atoms with E-state index < -0.39 is 0 Å². The Morgan fingerprint density at radius 1 is 1.24 bits per heavy atom. The van der Waals surface area contributed by atoms with Gasteiger partial charge in [-0.2, -0.15) is 0 Å². The van der Waals surface area contributed by atoms with Crippen LogP contribution in [0, 0.1) is 5.92 Å². The minimum atomic E-state index is 0.0256. The van der Waals surface area contributed by atoms with Crippen LogP contribution in [0.5, 0.6) is 0 Å². The van der Waals surface area contributed by atoms with Crippen molar-refractivity contribution in [1.82, 2.24) is 5.32 Å². The van der Waals surface area contributed by atoms with E-state index in [0.29, 0.717) is 5.92 Å². The average molecular weight is 233 g/mol. The largest absolute Gasteiger partial charge is 0.381 e. The second-order valence-corrected chi connectivity index (χ2v) is 4.47. The third-order valence-corrected chi connectivity index (χ3v) is 3.21. The number of carbonyl (C=O) groups excluding carboxylic acids is 1. The van der Waals surface area contributed by atoms with Crippen LogP contribution in [0.4, 0.5) is 0 Å². The Labute approximate surface area is 102 Å². The van der Waals surface area contributed by atoms with Gasteiger partial charge in [0, 0.05) is 25.3 Å². The van der Waals surface area contributed by atoms with E-state index in [1.165, 1.54) is 0 Å². The average Bonchev–Trinajstić information content (AvgIpc) is 2.41. The first kappa shape index (κ1) is 12.1. The van der Waals surface area contributed by atoms with Crippen molar-refractivity contribution in [2.45, 2.75) is 19.3 Å². The van der Waals surface area contributed by atoms with Crippen molar-refractivity contribution < 1.29 is 9.53 Å². The van der Waals surface area contributed by atoms with Gasteiger partial charge in [0.1, 0.15) is 0 Å². The molecule has 1 aromatic rings. The Kier molecular flexibility index (Phi) is 4.56. The molecule has 0 unspecified atom stereocenters. The smallest absolute Gasteiger partial charge is 0.251 e. The molecule has 17 heavy (non-hydrogen) atoms. The zero-order valence-corrected chi connectivity index (χ0v) is 10.0. The van der Waals surface area contributed by atoms with Crippen LogP contribution >= 0.6 is 0 Å². The summed E-state index contributed by atoms with van der Waals surface area (Å²) < 4.78 is 5.31. The Bertz CT molecular complexity index is 344. The normalized spacial score (nSPS) is 16.7. The predicted molar refractivity (Wildman–Crippen MR) is 66.9 cm³/mol. The maximum absolute atomic E-state index is 11.8. The number of carbonyl (C=O) groups is 1. The number of nitrogens with one attached hydrogen (secondary N) is 1. The lowest BCUT2D eigenvalue weighted by Crippen LogP contribution is -2.27. The van der Waals surface area contributed by atoms with Crippen molar-refractivity contribution in [1.29, 1.82) is 0 Å². The van der Waals surface area contributed by atoms with Gasteiger partial charge in [0.2, 0.25) is 0 Å². The van der Waals surface area contributed by atoms with Crippen LogP contribution in [0.2, 0.25) is 0 Å². The number of amides is 1. The van der Waals surface area contributed by atoms with E-state index in [2.05, 4.69) is 5.32 Å². The first-order chi connectivity index (χ1) is 8.36. The fourth-order valence-electron chi connectivity index (χ4n) is 2.12. The van der Waals surface area contributed by atoms with Gasteiger partial charge >= 0.3 is 0 Å².